The second-order valence-corrected chi connectivity index (χ2v) is 3.56. The summed E-state index contributed by atoms with van der Waals surface area (Å²) in [6, 6.07) is 2.04. The molecule has 0 bridgehead atoms. The Balaban J connectivity index is 2.26. The third-order valence-electron chi connectivity index (χ3n) is 2.33. The lowest BCUT2D eigenvalue weighted by Gasteiger charge is -2.07. The maximum atomic E-state index is 4.47. The molecule has 1 heterocycles. The van der Waals surface area contributed by atoms with Gasteiger partial charge in [0.05, 0.1) is 5.69 Å². The van der Waals surface area contributed by atoms with E-state index < -0.39 is 0 Å². The van der Waals surface area contributed by atoms with Crippen LogP contribution < -0.4 is 10.6 Å². The fourth-order valence-corrected chi connectivity index (χ4v) is 1.42. The van der Waals surface area contributed by atoms with Crippen molar-refractivity contribution in [1.82, 2.24) is 9.97 Å². The molecule has 1 aliphatic carbocycles. The van der Waals surface area contributed by atoms with E-state index in [2.05, 4.69) is 20.6 Å². The first kappa shape index (κ1) is 9.24. The first-order valence-electron chi connectivity index (χ1n) is 5.14. The molecule has 14 heavy (non-hydrogen) atoms. The number of rotatable bonds is 4. The molecule has 0 aromatic carbocycles. The Morgan fingerprint density at radius 3 is 2.79 bits per heavy atom. The molecule has 4 heteroatoms. The monoisotopic (exact) mass is 192 g/mol. The molecule has 0 spiro atoms. The normalized spacial score (nSPS) is 15.3. The van der Waals surface area contributed by atoms with Gasteiger partial charge >= 0.3 is 0 Å². The molecule has 0 atom stereocenters. The standard InChI is InChI=1S/C10H16N4/c1-3-12-10-13-8(7-4-5-7)6-9(11-2)14-10/h6-7H,3-5H2,1-2H3,(H2,11,12,13,14). The summed E-state index contributed by atoms with van der Waals surface area (Å²) in [5, 5.41) is 6.20. The van der Waals surface area contributed by atoms with Crippen LogP contribution in [0.3, 0.4) is 0 Å². The minimum atomic E-state index is 0.669. The molecule has 76 valence electrons. The van der Waals surface area contributed by atoms with Crippen molar-refractivity contribution < 1.29 is 0 Å². The van der Waals surface area contributed by atoms with E-state index in [1.54, 1.807) is 0 Å². The largest absolute Gasteiger partial charge is 0.373 e. The van der Waals surface area contributed by atoms with Crippen LogP contribution in [0.15, 0.2) is 6.07 Å². The molecule has 1 aromatic rings. The van der Waals surface area contributed by atoms with Crippen LogP contribution >= 0.6 is 0 Å². The van der Waals surface area contributed by atoms with E-state index in [9.17, 15) is 0 Å². The zero-order valence-corrected chi connectivity index (χ0v) is 8.67. The third kappa shape index (κ3) is 1.95. The Kier molecular flexibility index (Phi) is 2.52. The van der Waals surface area contributed by atoms with Crippen molar-refractivity contribution in [2.75, 3.05) is 24.2 Å². The summed E-state index contributed by atoms with van der Waals surface area (Å²) in [5.41, 5.74) is 1.17. The van der Waals surface area contributed by atoms with Crippen molar-refractivity contribution in [1.29, 1.82) is 0 Å². The van der Waals surface area contributed by atoms with Crippen LogP contribution in [0.1, 0.15) is 31.4 Å². The van der Waals surface area contributed by atoms with Gasteiger partial charge in [0.25, 0.3) is 0 Å². The predicted octanol–water partition coefficient (Wildman–Crippen LogP) is 1.83. The smallest absolute Gasteiger partial charge is 0.224 e. The highest BCUT2D eigenvalue weighted by molar-refractivity contribution is 5.43. The minimum Gasteiger partial charge on any atom is -0.373 e. The maximum absolute atomic E-state index is 4.47. The first-order valence-corrected chi connectivity index (χ1v) is 5.14. The second kappa shape index (κ2) is 3.82. The Labute approximate surface area is 84.2 Å². The average molecular weight is 192 g/mol. The van der Waals surface area contributed by atoms with E-state index in [1.807, 2.05) is 20.0 Å². The molecule has 0 amide bonds. The van der Waals surface area contributed by atoms with E-state index >= 15 is 0 Å². The van der Waals surface area contributed by atoms with E-state index in [0.717, 1.165) is 18.3 Å². The summed E-state index contributed by atoms with van der Waals surface area (Å²) in [6.07, 6.45) is 2.54. The van der Waals surface area contributed by atoms with Gasteiger partial charge < -0.3 is 10.6 Å². The van der Waals surface area contributed by atoms with Crippen molar-refractivity contribution in [3.63, 3.8) is 0 Å². The molecule has 1 aliphatic rings. The van der Waals surface area contributed by atoms with Crippen LogP contribution in [-0.4, -0.2) is 23.6 Å². The lowest BCUT2D eigenvalue weighted by atomic mass is 10.3. The van der Waals surface area contributed by atoms with E-state index in [1.165, 1.54) is 18.5 Å². The van der Waals surface area contributed by atoms with Crippen molar-refractivity contribution in [3.05, 3.63) is 11.8 Å². The van der Waals surface area contributed by atoms with Gasteiger partial charge in [-0.2, -0.15) is 4.98 Å². The van der Waals surface area contributed by atoms with Crippen molar-refractivity contribution in [2.24, 2.45) is 0 Å². The summed E-state index contributed by atoms with van der Waals surface area (Å²) in [4.78, 5) is 8.79. The van der Waals surface area contributed by atoms with Crippen LogP contribution in [0.4, 0.5) is 11.8 Å². The van der Waals surface area contributed by atoms with Gasteiger partial charge in [-0.3, -0.25) is 0 Å². The summed E-state index contributed by atoms with van der Waals surface area (Å²) in [6.45, 7) is 2.91. The summed E-state index contributed by atoms with van der Waals surface area (Å²) in [7, 11) is 1.88. The van der Waals surface area contributed by atoms with Gasteiger partial charge in [0, 0.05) is 25.6 Å². The summed E-state index contributed by atoms with van der Waals surface area (Å²) in [5.74, 6) is 2.31. The Morgan fingerprint density at radius 2 is 2.21 bits per heavy atom. The van der Waals surface area contributed by atoms with E-state index in [0.29, 0.717) is 5.92 Å². The quantitative estimate of drug-likeness (QED) is 0.764. The number of aromatic nitrogens is 2. The van der Waals surface area contributed by atoms with Crippen LogP contribution in [0.25, 0.3) is 0 Å². The number of hydrogen-bond donors (Lipinski definition) is 2. The van der Waals surface area contributed by atoms with Gasteiger partial charge in [0.1, 0.15) is 5.82 Å². The minimum absolute atomic E-state index is 0.669. The lowest BCUT2D eigenvalue weighted by molar-refractivity contribution is 0.976. The molecule has 1 saturated carbocycles. The molecule has 1 fully saturated rings. The van der Waals surface area contributed by atoms with Gasteiger partial charge in [0.2, 0.25) is 5.95 Å². The number of anilines is 2. The van der Waals surface area contributed by atoms with E-state index in [-0.39, 0.29) is 0 Å². The molecular formula is C10H16N4. The van der Waals surface area contributed by atoms with E-state index in [4.69, 9.17) is 0 Å². The highest BCUT2D eigenvalue weighted by atomic mass is 15.1. The van der Waals surface area contributed by atoms with Gasteiger partial charge in [-0.15, -0.1) is 0 Å². The summed E-state index contributed by atoms with van der Waals surface area (Å²) < 4.78 is 0. The fraction of sp³-hybridized carbons (Fsp3) is 0.600. The molecule has 2 N–H and O–H groups in total. The predicted molar refractivity (Wildman–Crippen MR) is 57.7 cm³/mol. The Hall–Kier alpha value is -1.32. The van der Waals surface area contributed by atoms with Crippen molar-refractivity contribution in [2.45, 2.75) is 25.7 Å². The van der Waals surface area contributed by atoms with Crippen LogP contribution in [-0.2, 0) is 0 Å². The van der Waals surface area contributed by atoms with Crippen LogP contribution in [0.2, 0.25) is 0 Å². The van der Waals surface area contributed by atoms with Gasteiger partial charge in [-0.1, -0.05) is 0 Å². The number of nitrogens with zero attached hydrogens (tertiary/aromatic N) is 2. The van der Waals surface area contributed by atoms with Crippen LogP contribution in [0.5, 0.6) is 0 Å². The van der Waals surface area contributed by atoms with Crippen LogP contribution in [0, 0.1) is 0 Å². The summed E-state index contributed by atoms with van der Waals surface area (Å²) >= 11 is 0. The molecule has 4 nitrogen and oxygen atoms in total. The maximum Gasteiger partial charge on any atom is 0.224 e. The van der Waals surface area contributed by atoms with Gasteiger partial charge in [-0.25, -0.2) is 4.98 Å². The lowest BCUT2D eigenvalue weighted by Crippen LogP contribution is -2.06. The number of nitrogens with one attached hydrogen (secondary N) is 2. The molecule has 0 aliphatic heterocycles. The molecule has 0 radical (unpaired) electrons. The Bertz CT molecular complexity index is 320. The molecule has 2 rings (SSSR count). The average Bonchev–Trinajstić information content (AvgIpc) is 3.01. The third-order valence-corrected chi connectivity index (χ3v) is 2.33. The van der Waals surface area contributed by atoms with Gasteiger partial charge in [0.15, 0.2) is 0 Å². The topological polar surface area (TPSA) is 49.8 Å². The fourth-order valence-electron chi connectivity index (χ4n) is 1.42. The molecular weight excluding hydrogens is 176 g/mol. The second-order valence-electron chi connectivity index (χ2n) is 3.56. The highest BCUT2D eigenvalue weighted by Gasteiger charge is 2.25. The molecule has 1 aromatic heterocycles. The first-order chi connectivity index (χ1) is 6.83. The zero-order chi connectivity index (χ0) is 9.97. The Morgan fingerprint density at radius 1 is 1.43 bits per heavy atom. The molecule has 0 unspecified atom stereocenters. The van der Waals surface area contributed by atoms with Crippen molar-refractivity contribution in [3.8, 4) is 0 Å². The molecule has 0 saturated heterocycles. The van der Waals surface area contributed by atoms with Gasteiger partial charge in [-0.05, 0) is 19.8 Å². The number of hydrogen-bond acceptors (Lipinski definition) is 4. The highest BCUT2D eigenvalue weighted by Crippen LogP contribution is 2.39. The van der Waals surface area contributed by atoms with Crippen molar-refractivity contribution >= 4 is 11.8 Å². The SMILES string of the molecule is CCNc1nc(NC)cc(C2CC2)n1. The zero-order valence-electron chi connectivity index (χ0n) is 8.67.